The predicted octanol–water partition coefficient (Wildman–Crippen LogP) is 2.84. The van der Waals surface area contributed by atoms with Crippen LogP contribution in [0, 0.1) is 28.6 Å². The second kappa shape index (κ2) is 13.5. The van der Waals surface area contributed by atoms with Crippen LogP contribution in [-0.2, 0) is 35.3 Å². The van der Waals surface area contributed by atoms with Crippen LogP contribution < -0.4 is 21.3 Å². The molecule has 5 rings (SSSR count). The number of hydrogen-bond donors (Lipinski definition) is 4. The van der Waals surface area contributed by atoms with Crippen molar-refractivity contribution in [3.63, 3.8) is 0 Å². The van der Waals surface area contributed by atoms with Crippen LogP contribution in [0.2, 0.25) is 0 Å². The van der Waals surface area contributed by atoms with Gasteiger partial charge in [0.05, 0.1) is 0 Å². The van der Waals surface area contributed by atoms with Crippen molar-refractivity contribution >= 4 is 35.5 Å². The Labute approximate surface area is 282 Å². The number of nitrogens with one attached hydrogen (secondary N) is 4. The van der Waals surface area contributed by atoms with Gasteiger partial charge in [-0.15, -0.1) is 0 Å². The molecule has 5 amide bonds. The summed E-state index contributed by atoms with van der Waals surface area (Å²) in [6.45, 7) is 10.0. The molecule has 1 aromatic rings. The van der Waals surface area contributed by atoms with Gasteiger partial charge >= 0.3 is 12.0 Å². The number of Topliss-reactive ketones (excluding diaryl/α,β-unsaturated/α-hetero) is 1. The topological polar surface area (TPSA) is 163 Å². The largest absolute Gasteiger partial charge is 0.459 e. The second-order valence-electron chi connectivity index (χ2n) is 15.8. The van der Waals surface area contributed by atoms with Crippen molar-refractivity contribution < 1.29 is 33.5 Å². The summed E-state index contributed by atoms with van der Waals surface area (Å²) in [6.07, 6.45) is 4.73. The Bertz CT molecular complexity index is 1430. The van der Waals surface area contributed by atoms with E-state index in [1.165, 1.54) is 11.9 Å². The standard InChI is InChI=1S/C36H51N5O7/c1-34(2,3)28(39-33(47)40-36(17-11-8-12-18-36)32(46)48-20-21-13-9-7-10-14-21)31(45)41-19-23-24(35(23,4)5)26(41)29(43)38-25(22-15-16-22)27(42)30(44)37-6/h7,9-10,13-14,22-26,28H,8,11-12,15-20H2,1-6H3,(H,37,44)(H,38,43)(H2,39,40,47)/t23-,24-,25?,26-,28+/m0/s1. The minimum Gasteiger partial charge on any atom is -0.459 e. The predicted molar refractivity (Wildman–Crippen MR) is 177 cm³/mol. The van der Waals surface area contributed by atoms with E-state index in [4.69, 9.17) is 4.74 Å². The van der Waals surface area contributed by atoms with Crippen molar-refractivity contribution in [1.82, 2.24) is 26.2 Å². The molecule has 1 heterocycles. The van der Waals surface area contributed by atoms with E-state index < -0.39 is 64.6 Å². The lowest BCUT2D eigenvalue weighted by Gasteiger charge is -2.39. The average molecular weight is 666 g/mol. The van der Waals surface area contributed by atoms with Crippen molar-refractivity contribution in [2.24, 2.45) is 28.6 Å². The highest BCUT2D eigenvalue weighted by molar-refractivity contribution is 6.38. The molecule has 48 heavy (non-hydrogen) atoms. The SMILES string of the molecule is CNC(=O)C(=O)C(NC(=O)[C@@H]1[C@@H]2[C@H](CN1C(=O)[C@@H](NC(=O)NC1(C(=O)OCc3ccccc3)CCCCC1)C(C)(C)C)C2(C)C)C1CC1. The van der Waals surface area contributed by atoms with E-state index in [1.807, 2.05) is 51.1 Å². The second-order valence-corrected chi connectivity index (χ2v) is 15.8. The summed E-state index contributed by atoms with van der Waals surface area (Å²) in [5, 5.41) is 11.0. The van der Waals surface area contributed by atoms with E-state index in [0.29, 0.717) is 19.4 Å². The van der Waals surface area contributed by atoms with E-state index in [-0.39, 0.29) is 29.8 Å². The van der Waals surface area contributed by atoms with Crippen molar-refractivity contribution in [1.29, 1.82) is 0 Å². The molecule has 0 radical (unpaired) electrons. The molecule has 3 aliphatic carbocycles. The number of nitrogens with zero attached hydrogens (tertiary/aromatic N) is 1. The number of carbonyl (C=O) groups is 6. The molecule has 1 unspecified atom stereocenters. The highest BCUT2D eigenvalue weighted by Crippen LogP contribution is 2.65. The highest BCUT2D eigenvalue weighted by Gasteiger charge is 2.70. The van der Waals surface area contributed by atoms with Crippen LogP contribution in [0.1, 0.15) is 85.1 Å². The Balaban J connectivity index is 1.32. The number of fused-ring (bicyclic) bond motifs is 1. The van der Waals surface area contributed by atoms with Crippen LogP contribution >= 0.6 is 0 Å². The minimum atomic E-state index is -1.22. The number of piperidine rings is 1. The number of esters is 1. The Morgan fingerprint density at radius 3 is 2.19 bits per heavy atom. The van der Waals surface area contributed by atoms with Gasteiger partial charge in [-0.1, -0.05) is 84.2 Å². The molecule has 0 bridgehead atoms. The molecule has 4 fully saturated rings. The maximum atomic E-state index is 14.4. The minimum absolute atomic E-state index is 0.0746. The van der Waals surface area contributed by atoms with E-state index in [2.05, 4.69) is 35.1 Å². The smallest absolute Gasteiger partial charge is 0.332 e. The summed E-state index contributed by atoms with van der Waals surface area (Å²) >= 11 is 0. The molecule has 0 aromatic heterocycles. The zero-order chi connectivity index (χ0) is 35.0. The summed E-state index contributed by atoms with van der Waals surface area (Å²) in [5.41, 5.74) is -1.32. The number of rotatable bonds is 11. The Morgan fingerprint density at radius 1 is 0.958 bits per heavy atom. The number of amides is 5. The first kappa shape index (κ1) is 35.3. The molecule has 3 saturated carbocycles. The number of hydrogen-bond acceptors (Lipinski definition) is 7. The number of likely N-dealkylation sites (tertiary alicyclic amines) is 1. The van der Waals surface area contributed by atoms with Crippen LogP contribution in [0.15, 0.2) is 30.3 Å². The normalized spacial score (nSPS) is 25.0. The van der Waals surface area contributed by atoms with E-state index in [9.17, 15) is 28.8 Å². The molecule has 1 aromatic carbocycles. The molecule has 0 spiro atoms. The average Bonchev–Trinajstić information content (AvgIpc) is 3.93. The Kier molecular flexibility index (Phi) is 9.95. The Hall–Kier alpha value is -3.96. The number of ketones is 1. The van der Waals surface area contributed by atoms with Crippen LogP contribution in [0.5, 0.6) is 0 Å². The number of benzene rings is 1. The number of urea groups is 1. The fraction of sp³-hybridized carbons (Fsp3) is 0.667. The first-order chi connectivity index (χ1) is 22.6. The van der Waals surface area contributed by atoms with Crippen LogP contribution in [0.25, 0.3) is 0 Å². The molecule has 5 atom stereocenters. The van der Waals surface area contributed by atoms with Crippen molar-refractivity contribution in [2.45, 2.75) is 110 Å². The van der Waals surface area contributed by atoms with Crippen LogP contribution in [0.3, 0.4) is 0 Å². The lowest BCUT2D eigenvalue weighted by molar-refractivity contribution is -0.154. The molecule has 12 heteroatoms. The first-order valence-corrected chi connectivity index (χ1v) is 17.3. The molecule has 4 N–H and O–H groups in total. The molecule has 262 valence electrons. The van der Waals surface area contributed by atoms with Gasteiger partial charge in [0.15, 0.2) is 0 Å². The number of likely N-dealkylation sites (N-methyl/N-ethyl adjacent to an activating group) is 1. The maximum Gasteiger partial charge on any atom is 0.332 e. The lowest BCUT2D eigenvalue weighted by atomic mass is 9.81. The van der Waals surface area contributed by atoms with E-state index in [1.54, 1.807) is 0 Å². The quantitative estimate of drug-likeness (QED) is 0.209. The molecule has 1 aliphatic heterocycles. The third-order valence-corrected chi connectivity index (χ3v) is 10.9. The van der Waals surface area contributed by atoms with Gasteiger partial charge in [-0.05, 0) is 59.8 Å². The first-order valence-electron chi connectivity index (χ1n) is 17.3. The van der Waals surface area contributed by atoms with Gasteiger partial charge in [0.25, 0.3) is 5.91 Å². The van der Waals surface area contributed by atoms with E-state index >= 15 is 0 Å². The van der Waals surface area contributed by atoms with Crippen molar-refractivity contribution in [3.8, 4) is 0 Å². The molecular formula is C36H51N5O7. The molecule has 1 saturated heterocycles. The van der Waals surface area contributed by atoms with Crippen molar-refractivity contribution in [3.05, 3.63) is 35.9 Å². The lowest BCUT2D eigenvalue weighted by Crippen LogP contribution is -2.64. The van der Waals surface area contributed by atoms with Gasteiger partial charge in [0.2, 0.25) is 17.6 Å². The van der Waals surface area contributed by atoms with Gasteiger partial charge in [-0.3, -0.25) is 19.2 Å². The molecule has 4 aliphatic rings. The fourth-order valence-electron chi connectivity index (χ4n) is 7.74. The summed E-state index contributed by atoms with van der Waals surface area (Å²) in [5.74, 6) is -3.01. The number of carbonyl (C=O) groups excluding carboxylic acids is 6. The highest BCUT2D eigenvalue weighted by atomic mass is 16.5. The van der Waals surface area contributed by atoms with Gasteiger partial charge < -0.3 is 30.9 Å². The summed E-state index contributed by atoms with van der Waals surface area (Å²) in [4.78, 5) is 82.1. The third-order valence-electron chi connectivity index (χ3n) is 10.9. The van der Waals surface area contributed by atoms with E-state index in [0.717, 1.165) is 37.7 Å². The molecular weight excluding hydrogens is 614 g/mol. The van der Waals surface area contributed by atoms with Crippen LogP contribution in [0.4, 0.5) is 4.79 Å². The van der Waals surface area contributed by atoms with Gasteiger partial charge in [-0.25, -0.2) is 9.59 Å². The zero-order valence-electron chi connectivity index (χ0n) is 29.0. The third kappa shape index (κ3) is 7.22. The number of ether oxygens (including phenoxy) is 1. The fourth-order valence-corrected chi connectivity index (χ4v) is 7.74. The Morgan fingerprint density at radius 2 is 1.60 bits per heavy atom. The monoisotopic (exact) mass is 665 g/mol. The summed E-state index contributed by atoms with van der Waals surface area (Å²) < 4.78 is 5.69. The molecule has 12 nitrogen and oxygen atoms in total. The van der Waals surface area contributed by atoms with Gasteiger partial charge in [-0.2, -0.15) is 0 Å². The maximum absolute atomic E-state index is 14.4. The van der Waals surface area contributed by atoms with Gasteiger partial charge in [0, 0.05) is 13.6 Å². The zero-order valence-corrected chi connectivity index (χ0v) is 29.0. The van der Waals surface area contributed by atoms with Crippen LogP contribution in [-0.4, -0.2) is 77.7 Å². The summed E-state index contributed by atoms with van der Waals surface area (Å²) in [6, 6.07) is 5.85. The van der Waals surface area contributed by atoms with Crippen molar-refractivity contribution in [2.75, 3.05) is 13.6 Å². The summed E-state index contributed by atoms with van der Waals surface area (Å²) in [7, 11) is 1.38. The van der Waals surface area contributed by atoms with Gasteiger partial charge in [0.1, 0.15) is 30.3 Å².